The highest BCUT2D eigenvalue weighted by molar-refractivity contribution is 5.98. The van der Waals surface area contributed by atoms with Crippen LogP contribution >= 0.6 is 0 Å². The SMILES string of the molecule is CCC(C)[C@H](NC(=O)[C@@H]1CCCCN1CC(=O)c1cccc(OC)c1)C(=O)OC(C)(C)C. The second kappa shape index (κ2) is 11.5. The molecular formula is C25H38N2O5. The fraction of sp³-hybridized carbons (Fsp3) is 0.640. The maximum atomic E-state index is 13.2. The number of rotatable bonds is 9. The van der Waals surface area contributed by atoms with Crippen molar-refractivity contribution in [3.8, 4) is 5.75 Å². The predicted molar refractivity (Wildman–Crippen MR) is 124 cm³/mol. The molecule has 1 fully saturated rings. The van der Waals surface area contributed by atoms with Crippen molar-refractivity contribution >= 4 is 17.7 Å². The number of amides is 1. The number of hydrogen-bond acceptors (Lipinski definition) is 6. The molecule has 0 radical (unpaired) electrons. The molecule has 1 saturated heterocycles. The highest BCUT2D eigenvalue weighted by Gasteiger charge is 2.35. The van der Waals surface area contributed by atoms with Crippen LogP contribution in [0.2, 0.25) is 0 Å². The minimum atomic E-state index is -0.718. The van der Waals surface area contributed by atoms with Crippen molar-refractivity contribution < 1.29 is 23.9 Å². The number of methoxy groups -OCH3 is 1. The first-order chi connectivity index (χ1) is 15.1. The van der Waals surface area contributed by atoms with E-state index in [-0.39, 0.29) is 24.2 Å². The van der Waals surface area contributed by atoms with E-state index in [9.17, 15) is 14.4 Å². The Bertz CT molecular complexity index is 802. The molecule has 1 amide bonds. The lowest BCUT2D eigenvalue weighted by Crippen LogP contribution is -2.56. The van der Waals surface area contributed by atoms with Gasteiger partial charge in [0, 0.05) is 5.56 Å². The molecule has 7 heteroatoms. The van der Waals surface area contributed by atoms with Gasteiger partial charge in [-0.2, -0.15) is 0 Å². The van der Waals surface area contributed by atoms with Crippen LogP contribution in [0.5, 0.6) is 5.75 Å². The molecular weight excluding hydrogens is 408 g/mol. The van der Waals surface area contributed by atoms with Crippen LogP contribution in [0.3, 0.4) is 0 Å². The Balaban J connectivity index is 2.12. The first-order valence-electron chi connectivity index (χ1n) is 11.5. The summed E-state index contributed by atoms with van der Waals surface area (Å²) in [7, 11) is 1.56. The predicted octanol–water partition coefficient (Wildman–Crippen LogP) is 3.61. The van der Waals surface area contributed by atoms with Gasteiger partial charge in [0.2, 0.25) is 5.91 Å². The van der Waals surface area contributed by atoms with E-state index in [0.29, 0.717) is 24.3 Å². The molecule has 3 atom stereocenters. The fourth-order valence-corrected chi connectivity index (χ4v) is 3.83. The largest absolute Gasteiger partial charge is 0.497 e. The zero-order valence-electron chi connectivity index (χ0n) is 20.3. The zero-order chi connectivity index (χ0) is 23.9. The van der Waals surface area contributed by atoms with Crippen LogP contribution in [0.25, 0.3) is 0 Å². The Morgan fingerprint density at radius 1 is 1.22 bits per heavy atom. The normalized spacial score (nSPS) is 19.0. The summed E-state index contributed by atoms with van der Waals surface area (Å²) in [5, 5.41) is 2.93. The number of Topliss-reactive ketones (excluding diaryl/α,β-unsaturated/α-hetero) is 1. The van der Waals surface area contributed by atoms with Gasteiger partial charge in [0.15, 0.2) is 5.78 Å². The molecule has 7 nitrogen and oxygen atoms in total. The van der Waals surface area contributed by atoms with Crippen molar-refractivity contribution in [2.45, 2.75) is 78.0 Å². The second-order valence-electron chi connectivity index (χ2n) is 9.54. The van der Waals surface area contributed by atoms with Gasteiger partial charge in [-0.15, -0.1) is 0 Å². The Labute approximate surface area is 191 Å². The van der Waals surface area contributed by atoms with E-state index in [1.165, 1.54) is 0 Å². The summed E-state index contributed by atoms with van der Waals surface area (Å²) in [6.07, 6.45) is 3.21. The average molecular weight is 447 g/mol. The van der Waals surface area contributed by atoms with Gasteiger partial charge in [0.25, 0.3) is 0 Å². The van der Waals surface area contributed by atoms with E-state index in [1.807, 2.05) is 39.5 Å². The van der Waals surface area contributed by atoms with Gasteiger partial charge in [-0.3, -0.25) is 14.5 Å². The number of ether oxygens (including phenoxy) is 2. The number of benzene rings is 1. The average Bonchev–Trinajstić information content (AvgIpc) is 2.75. The molecule has 1 aromatic rings. The topological polar surface area (TPSA) is 84.9 Å². The van der Waals surface area contributed by atoms with E-state index in [2.05, 4.69) is 5.32 Å². The lowest BCUT2D eigenvalue weighted by atomic mass is 9.96. The highest BCUT2D eigenvalue weighted by atomic mass is 16.6. The van der Waals surface area contributed by atoms with E-state index < -0.39 is 23.7 Å². The summed E-state index contributed by atoms with van der Waals surface area (Å²) >= 11 is 0. The molecule has 0 aromatic heterocycles. The third kappa shape index (κ3) is 7.33. The number of carbonyl (C=O) groups excluding carboxylic acids is 3. The Morgan fingerprint density at radius 3 is 2.56 bits per heavy atom. The van der Waals surface area contributed by atoms with Crippen LogP contribution in [0, 0.1) is 5.92 Å². The molecule has 2 rings (SSSR count). The van der Waals surface area contributed by atoms with E-state index in [1.54, 1.807) is 31.4 Å². The molecule has 0 saturated carbocycles. The maximum absolute atomic E-state index is 13.2. The number of piperidine rings is 1. The van der Waals surface area contributed by atoms with Crippen LogP contribution in [0.15, 0.2) is 24.3 Å². The second-order valence-corrected chi connectivity index (χ2v) is 9.54. The van der Waals surface area contributed by atoms with Gasteiger partial charge in [-0.05, 0) is 58.2 Å². The van der Waals surface area contributed by atoms with Crippen molar-refractivity contribution in [2.75, 3.05) is 20.2 Å². The van der Waals surface area contributed by atoms with Crippen molar-refractivity contribution in [1.82, 2.24) is 10.2 Å². The summed E-state index contributed by atoms with van der Waals surface area (Å²) in [4.78, 5) is 40.8. The number of carbonyl (C=O) groups is 3. The number of likely N-dealkylation sites (tertiary alicyclic amines) is 1. The molecule has 1 unspecified atom stereocenters. The molecule has 0 spiro atoms. The molecule has 0 aliphatic carbocycles. The molecule has 1 heterocycles. The number of nitrogens with one attached hydrogen (secondary N) is 1. The highest BCUT2D eigenvalue weighted by Crippen LogP contribution is 2.21. The summed E-state index contributed by atoms with van der Waals surface area (Å²) in [5.41, 5.74) is -0.0755. The zero-order valence-corrected chi connectivity index (χ0v) is 20.3. The standard InChI is InChI=1S/C25H38N2O5/c1-7-17(2)22(24(30)32-25(3,4)5)26-23(29)20-13-8-9-14-27(20)16-21(28)18-11-10-12-19(15-18)31-6/h10-12,15,17,20,22H,7-9,13-14,16H2,1-6H3,(H,26,29)/t17?,20-,22-/m0/s1. The monoisotopic (exact) mass is 446 g/mol. The lowest BCUT2D eigenvalue weighted by molar-refractivity contribution is -0.160. The third-order valence-corrected chi connectivity index (χ3v) is 5.83. The molecule has 32 heavy (non-hydrogen) atoms. The third-order valence-electron chi connectivity index (χ3n) is 5.83. The van der Waals surface area contributed by atoms with Crippen molar-refractivity contribution in [3.05, 3.63) is 29.8 Å². The molecule has 1 aliphatic heterocycles. The first-order valence-corrected chi connectivity index (χ1v) is 11.5. The Kier molecular flexibility index (Phi) is 9.25. The maximum Gasteiger partial charge on any atom is 0.329 e. The van der Waals surface area contributed by atoms with E-state index in [0.717, 1.165) is 19.3 Å². The van der Waals surface area contributed by atoms with E-state index >= 15 is 0 Å². The summed E-state index contributed by atoms with van der Waals surface area (Å²) in [6.45, 7) is 10.2. The van der Waals surface area contributed by atoms with Crippen LogP contribution in [0.4, 0.5) is 0 Å². The Hall–Kier alpha value is -2.41. The van der Waals surface area contributed by atoms with Gasteiger partial charge >= 0.3 is 5.97 Å². The minimum Gasteiger partial charge on any atom is -0.497 e. The van der Waals surface area contributed by atoms with Gasteiger partial charge in [0.05, 0.1) is 19.7 Å². The number of hydrogen-bond donors (Lipinski definition) is 1. The van der Waals surface area contributed by atoms with Gasteiger partial charge in [-0.1, -0.05) is 38.8 Å². The number of ketones is 1. The molecule has 1 aliphatic rings. The molecule has 178 valence electrons. The van der Waals surface area contributed by atoms with Crippen LogP contribution in [0.1, 0.15) is 70.7 Å². The van der Waals surface area contributed by atoms with Gasteiger partial charge < -0.3 is 14.8 Å². The quantitative estimate of drug-likeness (QED) is 0.461. The fourth-order valence-electron chi connectivity index (χ4n) is 3.83. The summed E-state index contributed by atoms with van der Waals surface area (Å²) in [6, 6.07) is 5.87. The van der Waals surface area contributed by atoms with Gasteiger partial charge in [-0.25, -0.2) is 4.79 Å². The van der Waals surface area contributed by atoms with Crippen LogP contribution < -0.4 is 10.1 Å². The van der Waals surface area contributed by atoms with Crippen LogP contribution in [-0.2, 0) is 14.3 Å². The van der Waals surface area contributed by atoms with Crippen molar-refractivity contribution in [2.24, 2.45) is 5.92 Å². The van der Waals surface area contributed by atoms with Crippen molar-refractivity contribution in [1.29, 1.82) is 0 Å². The summed E-state index contributed by atoms with van der Waals surface area (Å²) < 4.78 is 10.8. The molecule has 1 aromatic carbocycles. The van der Waals surface area contributed by atoms with Crippen LogP contribution in [-0.4, -0.2) is 60.4 Å². The van der Waals surface area contributed by atoms with Crippen molar-refractivity contribution in [3.63, 3.8) is 0 Å². The summed E-state index contributed by atoms with van der Waals surface area (Å²) in [5.74, 6) is -0.148. The first kappa shape index (κ1) is 25.8. The lowest BCUT2D eigenvalue weighted by Gasteiger charge is -2.36. The number of nitrogens with zero attached hydrogens (tertiary/aromatic N) is 1. The Morgan fingerprint density at radius 2 is 1.94 bits per heavy atom. The van der Waals surface area contributed by atoms with Gasteiger partial charge in [0.1, 0.15) is 17.4 Å². The molecule has 0 bridgehead atoms. The van der Waals surface area contributed by atoms with E-state index in [4.69, 9.17) is 9.47 Å². The minimum absolute atomic E-state index is 0.0609. The number of esters is 1. The smallest absolute Gasteiger partial charge is 0.329 e. The molecule has 1 N–H and O–H groups in total.